The third-order valence-electron chi connectivity index (χ3n) is 1.72. The van der Waals surface area contributed by atoms with Gasteiger partial charge in [-0.05, 0) is 0 Å². The van der Waals surface area contributed by atoms with Crippen LogP contribution in [0.15, 0.2) is 0 Å². The Bertz CT molecular complexity index is 248. The molecular weight excluding hydrogens is 234 g/mol. The summed E-state index contributed by atoms with van der Waals surface area (Å²) in [6.07, 6.45) is 1.50. The van der Waals surface area contributed by atoms with Gasteiger partial charge < -0.3 is 0 Å². The summed E-state index contributed by atoms with van der Waals surface area (Å²) < 4.78 is 0. The van der Waals surface area contributed by atoms with Crippen LogP contribution in [0, 0.1) is 0 Å². The van der Waals surface area contributed by atoms with Crippen molar-refractivity contribution in [3.63, 3.8) is 0 Å². The predicted molar refractivity (Wildman–Crippen MR) is 56.3 cm³/mol. The summed E-state index contributed by atoms with van der Waals surface area (Å²) in [5, 5.41) is 4.28. The van der Waals surface area contributed by atoms with Crippen molar-refractivity contribution in [3.8, 4) is 0 Å². The Morgan fingerprint density at radius 3 is 0.812 bits per heavy atom. The molecule has 0 aliphatic carbocycles. The molecule has 2 aliphatic heterocycles. The Morgan fingerprint density at radius 2 is 0.750 bits per heavy atom. The van der Waals surface area contributed by atoms with Crippen LogP contribution in [-0.4, -0.2) is 82.7 Å². The van der Waals surface area contributed by atoms with E-state index in [1.54, 1.807) is 0 Å². The van der Waals surface area contributed by atoms with Crippen molar-refractivity contribution in [1.29, 1.82) is 0 Å². The maximum atomic E-state index is 10.1. The summed E-state index contributed by atoms with van der Waals surface area (Å²) in [5.74, 6) is -0.593. The molecular formula is C8H10N2Na2O4. The van der Waals surface area contributed by atoms with Gasteiger partial charge in [0.1, 0.15) is 0 Å². The monoisotopic (exact) mass is 244 g/mol. The molecule has 0 unspecified atom stereocenters. The average molecular weight is 244 g/mol. The normalized spacial score (nSPS) is 17.5. The van der Waals surface area contributed by atoms with Gasteiger partial charge in [-0.3, -0.25) is 29.8 Å². The van der Waals surface area contributed by atoms with Crippen molar-refractivity contribution in [2.24, 2.45) is 0 Å². The number of carbonyl (C=O) groups is 4. The second-order valence-electron chi connectivity index (χ2n) is 2.94. The minimum Gasteiger partial charge on any atom is -0.296 e. The quantitative estimate of drug-likeness (QED) is 0.384. The molecule has 0 spiro atoms. The van der Waals surface area contributed by atoms with Gasteiger partial charge in [0.15, 0.2) is 0 Å². The maximum Gasteiger partial charge on any atom is 0.227 e. The molecule has 0 saturated carbocycles. The van der Waals surface area contributed by atoms with Crippen LogP contribution in [-0.2, 0) is 19.2 Å². The van der Waals surface area contributed by atoms with E-state index in [4.69, 9.17) is 0 Å². The standard InChI is InChI=1S/2C4H5NO2.2Na/c2*6-3-1-2-4(7)5-3;;/h2*1-2H2,(H,5,6,7);;. The van der Waals surface area contributed by atoms with E-state index in [0.29, 0.717) is 25.7 Å². The van der Waals surface area contributed by atoms with E-state index in [1.807, 2.05) is 0 Å². The molecule has 78 valence electrons. The van der Waals surface area contributed by atoms with E-state index in [1.165, 1.54) is 0 Å². The molecule has 16 heavy (non-hydrogen) atoms. The maximum absolute atomic E-state index is 10.1. The second kappa shape index (κ2) is 9.32. The number of hydrogen-bond donors (Lipinski definition) is 2. The molecule has 4 amide bonds. The molecule has 2 heterocycles. The van der Waals surface area contributed by atoms with Crippen LogP contribution in [0.1, 0.15) is 25.7 Å². The van der Waals surface area contributed by atoms with E-state index < -0.39 is 0 Å². The number of amides is 4. The van der Waals surface area contributed by atoms with Gasteiger partial charge in [-0.25, -0.2) is 0 Å². The zero-order chi connectivity index (χ0) is 10.6. The minimum absolute atomic E-state index is 0. The SMILES string of the molecule is O=C1CCC(=O)N1.O=C1CCC(=O)N1.[Na].[Na]. The van der Waals surface area contributed by atoms with Crippen LogP contribution in [0.2, 0.25) is 0 Å². The summed E-state index contributed by atoms with van der Waals surface area (Å²) in [6, 6.07) is 0. The fourth-order valence-corrected chi connectivity index (χ4v) is 1.02. The summed E-state index contributed by atoms with van der Waals surface area (Å²) in [6.45, 7) is 0. The van der Waals surface area contributed by atoms with Crippen molar-refractivity contribution in [2.45, 2.75) is 25.7 Å². The molecule has 0 aromatic heterocycles. The van der Waals surface area contributed by atoms with Crippen LogP contribution < -0.4 is 10.6 Å². The van der Waals surface area contributed by atoms with Crippen molar-refractivity contribution < 1.29 is 19.2 Å². The van der Waals surface area contributed by atoms with Gasteiger partial charge >= 0.3 is 0 Å². The van der Waals surface area contributed by atoms with E-state index in [0.717, 1.165) is 0 Å². The first-order valence-corrected chi connectivity index (χ1v) is 4.23. The zero-order valence-corrected chi connectivity index (χ0v) is 13.5. The van der Waals surface area contributed by atoms with Crippen LogP contribution in [0.5, 0.6) is 0 Å². The second-order valence-corrected chi connectivity index (χ2v) is 2.94. The molecule has 2 fully saturated rings. The van der Waals surface area contributed by atoms with Crippen molar-refractivity contribution in [2.75, 3.05) is 0 Å². The molecule has 2 N–H and O–H groups in total. The largest absolute Gasteiger partial charge is 0.296 e. The van der Waals surface area contributed by atoms with Gasteiger partial charge in [-0.1, -0.05) is 0 Å². The number of hydrogen-bond acceptors (Lipinski definition) is 4. The van der Waals surface area contributed by atoms with E-state index in [-0.39, 0.29) is 82.7 Å². The predicted octanol–water partition coefficient (Wildman–Crippen LogP) is -1.92. The fraction of sp³-hybridized carbons (Fsp3) is 0.500. The minimum atomic E-state index is -0.148. The molecule has 0 bridgehead atoms. The van der Waals surface area contributed by atoms with E-state index >= 15 is 0 Å². The van der Waals surface area contributed by atoms with Crippen molar-refractivity contribution >= 4 is 82.7 Å². The fourth-order valence-electron chi connectivity index (χ4n) is 1.02. The molecule has 2 radical (unpaired) electrons. The van der Waals surface area contributed by atoms with Crippen LogP contribution in [0.25, 0.3) is 0 Å². The Labute approximate surface area is 137 Å². The molecule has 2 saturated heterocycles. The first-order chi connectivity index (χ1) is 6.58. The summed E-state index contributed by atoms with van der Waals surface area (Å²) in [5.41, 5.74) is 0. The van der Waals surface area contributed by atoms with Gasteiger partial charge in [-0.2, -0.15) is 0 Å². The average Bonchev–Trinajstić information content (AvgIpc) is 2.63. The molecule has 6 nitrogen and oxygen atoms in total. The third kappa shape index (κ3) is 7.54. The Morgan fingerprint density at radius 1 is 0.562 bits per heavy atom. The van der Waals surface area contributed by atoms with Crippen LogP contribution >= 0.6 is 0 Å². The van der Waals surface area contributed by atoms with Gasteiger partial charge in [-0.15, -0.1) is 0 Å². The third-order valence-corrected chi connectivity index (χ3v) is 1.72. The summed E-state index contributed by atoms with van der Waals surface area (Å²) in [7, 11) is 0. The first-order valence-electron chi connectivity index (χ1n) is 4.23. The number of rotatable bonds is 0. The molecule has 2 rings (SSSR count). The Kier molecular flexibility index (Phi) is 10.9. The van der Waals surface area contributed by atoms with Gasteiger partial charge in [0, 0.05) is 84.8 Å². The Hall–Kier alpha value is 0.280. The molecule has 0 atom stereocenters. The topological polar surface area (TPSA) is 92.3 Å². The van der Waals surface area contributed by atoms with Crippen molar-refractivity contribution in [3.05, 3.63) is 0 Å². The first kappa shape index (κ1) is 18.6. The summed E-state index contributed by atoms with van der Waals surface area (Å²) in [4.78, 5) is 40.5. The smallest absolute Gasteiger partial charge is 0.227 e. The molecule has 0 aromatic carbocycles. The van der Waals surface area contributed by atoms with E-state index in [2.05, 4.69) is 10.6 Å². The molecule has 8 heteroatoms. The van der Waals surface area contributed by atoms with Gasteiger partial charge in [0.2, 0.25) is 23.6 Å². The molecule has 2 aliphatic rings. The number of imide groups is 2. The number of nitrogens with one attached hydrogen (secondary N) is 2. The number of carbonyl (C=O) groups excluding carboxylic acids is 4. The summed E-state index contributed by atoms with van der Waals surface area (Å²) >= 11 is 0. The van der Waals surface area contributed by atoms with E-state index in [9.17, 15) is 19.2 Å². The van der Waals surface area contributed by atoms with Gasteiger partial charge in [0.25, 0.3) is 0 Å². The van der Waals surface area contributed by atoms with Gasteiger partial charge in [0.05, 0.1) is 0 Å². The van der Waals surface area contributed by atoms with Crippen LogP contribution in [0.4, 0.5) is 0 Å². The molecule has 0 aromatic rings. The Balaban J connectivity index is 0. The van der Waals surface area contributed by atoms with Crippen LogP contribution in [0.3, 0.4) is 0 Å². The zero-order valence-electron chi connectivity index (χ0n) is 9.46. The van der Waals surface area contributed by atoms with Crippen molar-refractivity contribution in [1.82, 2.24) is 10.6 Å².